The molecule has 0 radical (unpaired) electrons. The van der Waals surface area contributed by atoms with E-state index in [1.807, 2.05) is 47.3 Å². The summed E-state index contributed by atoms with van der Waals surface area (Å²) in [6.07, 6.45) is 4.21. The quantitative estimate of drug-likeness (QED) is 0.681. The number of carbonyl (C=O) groups excluding carboxylic acids is 1. The maximum absolute atomic E-state index is 12.3. The van der Waals surface area contributed by atoms with Crippen LogP contribution >= 0.6 is 27.3 Å². The van der Waals surface area contributed by atoms with Crippen LogP contribution in [-0.4, -0.2) is 15.2 Å². The number of halogens is 1. The topological polar surface area (TPSA) is 34.4 Å². The lowest BCUT2D eigenvalue weighted by Gasteiger charge is -2.04. The Bertz CT molecular complexity index is 731. The highest BCUT2D eigenvalue weighted by Gasteiger charge is 2.12. The van der Waals surface area contributed by atoms with Crippen LogP contribution in [0.15, 0.2) is 40.4 Å². The smallest absolute Gasteiger partial charge is 0.193 e. The molecule has 3 nitrogen and oxygen atoms in total. The number of fused-ring (bicyclic) bond motifs is 1. The summed E-state index contributed by atoms with van der Waals surface area (Å²) in [5.74, 6) is 0.107. The molecule has 0 amide bonds. The summed E-state index contributed by atoms with van der Waals surface area (Å²) in [6, 6.07) is 5.71. The molecule has 0 fully saturated rings. The van der Waals surface area contributed by atoms with Crippen LogP contribution in [0, 0.1) is 6.92 Å². The zero-order valence-electron chi connectivity index (χ0n) is 10.3. The first-order chi connectivity index (χ1) is 9.13. The number of aryl methyl sites for hydroxylation is 1. The molecule has 0 bridgehead atoms. The SMILES string of the molecule is Cc1cc(Br)ccc1C(=O)Cc1cn2ccsc2n1. The van der Waals surface area contributed by atoms with E-state index in [1.165, 1.54) is 0 Å². The molecule has 3 aromatic rings. The highest BCUT2D eigenvalue weighted by molar-refractivity contribution is 9.10. The maximum Gasteiger partial charge on any atom is 0.193 e. The van der Waals surface area contributed by atoms with Crippen LogP contribution in [0.5, 0.6) is 0 Å². The van der Waals surface area contributed by atoms with Crippen LogP contribution < -0.4 is 0 Å². The summed E-state index contributed by atoms with van der Waals surface area (Å²) in [5.41, 5.74) is 2.57. The van der Waals surface area contributed by atoms with E-state index in [-0.39, 0.29) is 5.78 Å². The number of imidazole rings is 1. The third-order valence-corrected chi connectivity index (χ3v) is 4.24. The second-order valence-corrected chi connectivity index (χ2v) is 6.17. The number of benzene rings is 1. The first-order valence-electron chi connectivity index (χ1n) is 5.84. The second-order valence-electron chi connectivity index (χ2n) is 4.38. The van der Waals surface area contributed by atoms with Crippen molar-refractivity contribution < 1.29 is 4.79 Å². The molecular weight excluding hydrogens is 324 g/mol. The monoisotopic (exact) mass is 334 g/mol. The molecule has 2 heterocycles. The molecule has 0 atom stereocenters. The van der Waals surface area contributed by atoms with Crippen LogP contribution in [0.25, 0.3) is 4.96 Å². The van der Waals surface area contributed by atoms with Crippen LogP contribution in [0.3, 0.4) is 0 Å². The molecule has 19 heavy (non-hydrogen) atoms. The van der Waals surface area contributed by atoms with Gasteiger partial charge >= 0.3 is 0 Å². The van der Waals surface area contributed by atoms with Gasteiger partial charge in [-0.15, -0.1) is 11.3 Å². The number of thiazole rings is 1. The van der Waals surface area contributed by atoms with Crippen molar-refractivity contribution in [3.63, 3.8) is 0 Å². The van der Waals surface area contributed by atoms with Gasteiger partial charge in [0.1, 0.15) is 0 Å². The molecular formula is C14H11BrN2OS. The lowest BCUT2D eigenvalue weighted by molar-refractivity contribution is 0.0991. The molecule has 0 saturated heterocycles. The zero-order valence-corrected chi connectivity index (χ0v) is 12.7. The minimum absolute atomic E-state index is 0.107. The molecule has 0 aliphatic rings. The predicted octanol–water partition coefficient (Wildman–Crippen LogP) is 3.89. The fourth-order valence-electron chi connectivity index (χ4n) is 2.06. The Balaban J connectivity index is 1.86. The third-order valence-electron chi connectivity index (χ3n) is 2.97. The van der Waals surface area contributed by atoms with E-state index < -0.39 is 0 Å². The van der Waals surface area contributed by atoms with Gasteiger partial charge in [-0.2, -0.15) is 0 Å². The molecule has 0 unspecified atom stereocenters. The molecule has 0 aliphatic heterocycles. The van der Waals surface area contributed by atoms with Gasteiger partial charge in [0.15, 0.2) is 10.7 Å². The fraction of sp³-hybridized carbons (Fsp3) is 0.143. The van der Waals surface area contributed by atoms with Gasteiger partial charge in [-0.3, -0.25) is 9.20 Å². The van der Waals surface area contributed by atoms with Crippen molar-refractivity contribution in [3.05, 3.63) is 57.3 Å². The van der Waals surface area contributed by atoms with Gasteiger partial charge in [0.05, 0.1) is 12.1 Å². The fourth-order valence-corrected chi connectivity index (χ4v) is 3.26. The van der Waals surface area contributed by atoms with E-state index in [2.05, 4.69) is 20.9 Å². The Kier molecular flexibility index (Phi) is 3.24. The number of hydrogen-bond donors (Lipinski definition) is 0. The Labute approximate surface area is 123 Å². The Morgan fingerprint density at radius 1 is 1.47 bits per heavy atom. The first kappa shape index (κ1) is 12.6. The van der Waals surface area contributed by atoms with E-state index in [4.69, 9.17) is 0 Å². The largest absolute Gasteiger partial charge is 0.297 e. The lowest BCUT2D eigenvalue weighted by atomic mass is 10.0. The number of carbonyl (C=O) groups is 1. The summed E-state index contributed by atoms with van der Waals surface area (Å²) in [7, 11) is 0. The number of hydrogen-bond acceptors (Lipinski definition) is 3. The van der Waals surface area contributed by atoms with E-state index in [0.717, 1.165) is 26.3 Å². The minimum atomic E-state index is 0.107. The van der Waals surface area contributed by atoms with Crippen molar-refractivity contribution in [2.75, 3.05) is 0 Å². The van der Waals surface area contributed by atoms with Gasteiger partial charge < -0.3 is 0 Å². The number of aromatic nitrogens is 2. The summed E-state index contributed by atoms with van der Waals surface area (Å²) in [6.45, 7) is 1.95. The second kappa shape index (κ2) is 4.90. The standard InChI is InChI=1S/C14H11BrN2OS/c1-9-6-10(15)2-3-12(9)13(18)7-11-8-17-4-5-19-14(17)16-11/h2-6,8H,7H2,1H3. The normalized spacial score (nSPS) is 11.1. The van der Waals surface area contributed by atoms with Crippen molar-refractivity contribution in [2.24, 2.45) is 0 Å². The molecule has 2 aromatic heterocycles. The Hall–Kier alpha value is -1.46. The van der Waals surface area contributed by atoms with E-state index in [9.17, 15) is 4.79 Å². The number of nitrogens with zero attached hydrogens (tertiary/aromatic N) is 2. The average molecular weight is 335 g/mol. The summed E-state index contributed by atoms with van der Waals surface area (Å²) < 4.78 is 2.94. The number of Topliss-reactive ketones (excluding diaryl/α,β-unsaturated/α-hetero) is 1. The minimum Gasteiger partial charge on any atom is -0.297 e. The highest BCUT2D eigenvalue weighted by Crippen LogP contribution is 2.18. The van der Waals surface area contributed by atoms with Gasteiger partial charge in [0.2, 0.25) is 0 Å². The third kappa shape index (κ3) is 2.48. The Morgan fingerprint density at radius 3 is 3.05 bits per heavy atom. The molecule has 0 aliphatic carbocycles. The van der Waals surface area contributed by atoms with Gasteiger partial charge in [0, 0.05) is 27.8 Å². The molecule has 0 spiro atoms. The average Bonchev–Trinajstić information content (AvgIpc) is 2.89. The first-order valence-corrected chi connectivity index (χ1v) is 7.51. The zero-order chi connectivity index (χ0) is 13.4. The highest BCUT2D eigenvalue weighted by atomic mass is 79.9. The molecule has 0 N–H and O–H groups in total. The molecule has 5 heteroatoms. The summed E-state index contributed by atoms with van der Waals surface area (Å²) in [4.78, 5) is 17.6. The Morgan fingerprint density at radius 2 is 2.32 bits per heavy atom. The van der Waals surface area contributed by atoms with Crippen molar-refractivity contribution in [1.29, 1.82) is 0 Å². The molecule has 0 saturated carbocycles. The van der Waals surface area contributed by atoms with Crippen LogP contribution in [0.2, 0.25) is 0 Å². The van der Waals surface area contributed by atoms with Crippen LogP contribution in [-0.2, 0) is 6.42 Å². The van der Waals surface area contributed by atoms with Crippen molar-refractivity contribution in [1.82, 2.24) is 9.38 Å². The van der Waals surface area contributed by atoms with E-state index >= 15 is 0 Å². The molecule has 1 aromatic carbocycles. The van der Waals surface area contributed by atoms with Gasteiger partial charge in [0.25, 0.3) is 0 Å². The van der Waals surface area contributed by atoms with Crippen molar-refractivity contribution in [2.45, 2.75) is 13.3 Å². The van der Waals surface area contributed by atoms with Crippen molar-refractivity contribution >= 4 is 38.0 Å². The van der Waals surface area contributed by atoms with Gasteiger partial charge in [-0.25, -0.2) is 4.98 Å². The number of ketones is 1. The lowest BCUT2D eigenvalue weighted by Crippen LogP contribution is -2.05. The number of rotatable bonds is 3. The van der Waals surface area contributed by atoms with Gasteiger partial charge in [-0.1, -0.05) is 22.0 Å². The maximum atomic E-state index is 12.3. The van der Waals surface area contributed by atoms with Crippen LogP contribution in [0.4, 0.5) is 0 Å². The van der Waals surface area contributed by atoms with Crippen LogP contribution in [0.1, 0.15) is 21.6 Å². The summed E-state index contributed by atoms with van der Waals surface area (Å²) in [5, 5.41) is 1.98. The summed E-state index contributed by atoms with van der Waals surface area (Å²) >= 11 is 4.98. The van der Waals surface area contributed by atoms with E-state index in [0.29, 0.717) is 6.42 Å². The van der Waals surface area contributed by atoms with E-state index in [1.54, 1.807) is 11.3 Å². The molecule has 96 valence electrons. The van der Waals surface area contributed by atoms with Crippen molar-refractivity contribution in [3.8, 4) is 0 Å². The predicted molar refractivity (Wildman–Crippen MR) is 80.0 cm³/mol. The molecule has 3 rings (SSSR count). The van der Waals surface area contributed by atoms with Gasteiger partial charge in [-0.05, 0) is 24.6 Å².